The number of rotatable bonds is 9. The van der Waals surface area contributed by atoms with E-state index in [4.69, 9.17) is 9.47 Å². The van der Waals surface area contributed by atoms with Crippen molar-refractivity contribution in [1.29, 1.82) is 0 Å². The van der Waals surface area contributed by atoms with Gasteiger partial charge in [0.15, 0.2) is 0 Å². The molecule has 7 heteroatoms. The minimum absolute atomic E-state index is 0.0804. The highest BCUT2D eigenvalue weighted by molar-refractivity contribution is 5.95. The van der Waals surface area contributed by atoms with Crippen molar-refractivity contribution in [3.05, 3.63) is 60.2 Å². The van der Waals surface area contributed by atoms with Gasteiger partial charge in [-0.25, -0.2) is 0 Å². The molecule has 0 bridgehead atoms. The highest BCUT2D eigenvalue weighted by Crippen LogP contribution is 2.26. The molecule has 33 heavy (non-hydrogen) atoms. The molecule has 3 aromatic rings. The van der Waals surface area contributed by atoms with E-state index >= 15 is 0 Å². The summed E-state index contributed by atoms with van der Waals surface area (Å²) >= 11 is 0. The Kier molecular flexibility index (Phi) is 7.75. The normalized spacial score (nSPS) is 14.4. The molecule has 0 radical (unpaired) electrons. The zero-order chi connectivity index (χ0) is 23.0. The van der Waals surface area contributed by atoms with Gasteiger partial charge in [0, 0.05) is 36.8 Å². The van der Waals surface area contributed by atoms with Crippen LogP contribution in [-0.2, 0) is 4.74 Å². The van der Waals surface area contributed by atoms with Gasteiger partial charge in [-0.1, -0.05) is 12.1 Å². The van der Waals surface area contributed by atoms with Crippen molar-refractivity contribution in [2.24, 2.45) is 0 Å². The number of benzene rings is 2. The number of ether oxygens (including phenoxy) is 2. The minimum Gasteiger partial charge on any atom is -0.494 e. The lowest BCUT2D eigenvalue weighted by Gasteiger charge is -2.26. The van der Waals surface area contributed by atoms with Crippen LogP contribution in [0.5, 0.6) is 5.75 Å². The van der Waals surface area contributed by atoms with Gasteiger partial charge < -0.3 is 14.8 Å². The highest BCUT2D eigenvalue weighted by Gasteiger charge is 2.12. The fourth-order valence-corrected chi connectivity index (χ4v) is 3.82. The summed E-state index contributed by atoms with van der Waals surface area (Å²) in [6.45, 7) is 9.32. The second-order valence-electron chi connectivity index (χ2n) is 8.56. The van der Waals surface area contributed by atoms with E-state index in [1.54, 1.807) is 0 Å². The van der Waals surface area contributed by atoms with Crippen LogP contribution in [0, 0.1) is 0 Å². The lowest BCUT2D eigenvalue weighted by molar-refractivity contribution is 0.0358. The Morgan fingerprint density at radius 2 is 1.91 bits per heavy atom. The van der Waals surface area contributed by atoms with Crippen LogP contribution in [-0.4, -0.2) is 66.5 Å². The van der Waals surface area contributed by atoms with E-state index in [9.17, 15) is 4.79 Å². The second kappa shape index (κ2) is 11.1. The summed E-state index contributed by atoms with van der Waals surface area (Å²) in [5.74, 6) is 0.785. The molecule has 0 saturated carbocycles. The van der Waals surface area contributed by atoms with Gasteiger partial charge in [0.25, 0.3) is 5.91 Å². The maximum atomic E-state index is 12.3. The van der Waals surface area contributed by atoms with Crippen LogP contribution >= 0.6 is 0 Å². The number of hydrogen-bond donors (Lipinski definition) is 2. The first-order valence-electron chi connectivity index (χ1n) is 11.6. The number of nitrogens with zero attached hydrogens (tertiary/aromatic N) is 2. The third-order valence-electron chi connectivity index (χ3n) is 5.57. The van der Waals surface area contributed by atoms with Crippen LogP contribution < -0.4 is 10.1 Å². The predicted molar refractivity (Wildman–Crippen MR) is 129 cm³/mol. The molecule has 0 spiro atoms. The lowest BCUT2D eigenvalue weighted by Crippen LogP contribution is -2.37. The molecule has 0 atom stereocenters. The van der Waals surface area contributed by atoms with Crippen molar-refractivity contribution in [3.8, 4) is 28.3 Å². The molecular formula is C26H32N4O3. The molecule has 7 nitrogen and oxygen atoms in total. The smallest absolute Gasteiger partial charge is 0.251 e. The van der Waals surface area contributed by atoms with Crippen LogP contribution in [0.3, 0.4) is 0 Å². The van der Waals surface area contributed by atoms with Gasteiger partial charge in [-0.15, -0.1) is 0 Å². The Morgan fingerprint density at radius 3 is 2.67 bits per heavy atom. The SMILES string of the molecule is CC(C)NC(=O)c1cccc(-c2cc(-c3ccc(OCCCN4CCOCC4)cc3)[nH]n2)c1. The van der Waals surface area contributed by atoms with Crippen LogP contribution in [0.15, 0.2) is 54.6 Å². The Bertz CT molecular complexity index is 1040. The zero-order valence-electron chi connectivity index (χ0n) is 19.3. The number of H-pyrrole nitrogens is 1. The Labute approximate surface area is 195 Å². The average Bonchev–Trinajstić information content (AvgIpc) is 3.33. The van der Waals surface area contributed by atoms with Gasteiger partial charge in [0.2, 0.25) is 0 Å². The fourth-order valence-electron chi connectivity index (χ4n) is 3.82. The third kappa shape index (κ3) is 6.43. The predicted octanol–water partition coefficient (Wildman–Crippen LogP) is 3.98. The molecule has 4 rings (SSSR count). The number of aromatic amines is 1. The van der Waals surface area contributed by atoms with E-state index < -0.39 is 0 Å². The van der Waals surface area contributed by atoms with Gasteiger partial charge in [0.05, 0.1) is 31.2 Å². The van der Waals surface area contributed by atoms with Crippen molar-refractivity contribution >= 4 is 5.91 Å². The van der Waals surface area contributed by atoms with Crippen molar-refractivity contribution in [2.75, 3.05) is 39.5 Å². The number of carbonyl (C=O) groups excluding carboxylic acids is 1. The van der Waals surface area contributed by atoms with Gasteiger partial charge in [0.1, 0.15) is 5.75 Å². The van der Waals surface area contributed by atoms with Crippen LogP contribution in [0.25, 0.3) is 22.5 Å². The minimum atomic E-state index is -0.0804. The van der Waals surface area contributed by atoms with E-state index in [-0.39, 0.29) is 11.9 Å². The molecule has 1 amide bonds. The molecule has 1 aliphatic heterocycles. The fraction of sp³-hybridized carbons (Fsp3) is 0.385. The molecule has 2 heterocycles. The van der Waals surface area contributed by atoms with Crippen LogP contribution in [0.4, 0.5) is 0 Å². The van der Waals surface area contributed by atoms with E-state index in [1.807, 2.05) is 68.4 Å². The summed E-state index contributed by atoms with van der Waals surface area (Å²) in [7, 11) is 0. The van der Waals surface area contributed by atoms with Gasteiger partial charge in [-0.05, 0) is 68.3 Å². The molecule has 0 unspecified atom stereocenters. The average molecular weight is 449 g/mol. The molecule has 174 valence electrons. The Morgan fingerprint density at radius 1 is 1.12 bits per heavy atom. The quantitative estimate of drug-likeness (QED) is 0.484. The molecule has 1 aliphatic rings. The van der Waals surface area contributed by atoms with Gasteiger partial charge in [-0.2, -0.15) is 5.10 Å². The second-order valence-corrected chi connectivity index (χ2v) is 8.56. The Hall–Kier alpha value is -3.16. The first-order valence-corrected chi connectivity index (χ1v) is 11.6. The number of aromatic nitrogens is 2. The van der Waals surface area contributed by atoms with Crippen molar-refractivity contribution in [1.82, 2.24) is 20.4 Å². The van der Waals surface area contributed by atoms with Crippen molar-refractivity contribution in [3.63, 3.8) is 0 Å². The molecule has 1 fully saturated rings. The van der Waals surface area contributed by atoms with E-state index in [1.165, 1.54) is 0 Å². The number of nitrogens with one attached hydrogen (secondary N) is 2. The summed E-state index contributed by atoms with van der Waals surface area (Å²) in [5.41, 5.74) is 4.27. The zero-order valence-corrected chi connectivity index (χ0v) is 19.3. The molecular weight excluding hydrogens is 416 g/mol. The summed E-state index contributed by atoms with van der Waals surface area (Å²) < 4.78 is 11.3. The maximum absolute atomic E-state index is 12.3. The first kappa shape index (κ1) is 23.0. The number of amides is 1. The van der Waals surface area contributed by atoms with Crippen molar-refractivity contribution < 1.29 is 14.3 Å². The lowest BCUT2D eigenvalue weighted by atomic mass is 10.1. The Balaban J connectivity index is 1.33. The third-order valence-corrected chi connectivity index (χ3v) is 5.57. The topological polar surface area (TPSA) is 79.5 Å². The summed E-state index contributed by atoms with van der Waals surface area (Å²) in [5, 5.41) is 10.5. The van der Waals surface area contributed by atoms with Crippen LogP contribution in [0.2, 0.25) is 0 Å². The molecule has 0 aliphatic carbocycles. The standard InChI is InChI=1S/C26H32N4O3/c1-19(2)27-26(31)22-6-3-5-21(17-22)25-18-24(28-29-25)20-7-9-23(10-8-20)33-14-4-11-30-12-15-32-16-13-30/h3,5-10,17-19H,4,11-16H2,1-2H3,(H,27,31)(H,28,29). The number of morpholine rings is 1. The number of carbonyl (C=O) groups is 1. The maximum Gasteiger partial charge on any atom is 0.251 e. The molecule has 2 N–H and O–H groups in total. The molecule has 1 aromatic heterocycles. The van der Waals surface area contributed by atoms with E-state index in [2.05, 4.69) is 20.4 Å². The first-order chi connectivity index (χ1) is 16.1. The van der Waals surface area contributed by atoms with Crippen molar-refractivity contribution in [2.45, 2.75) is 26.3 Å². The molecule has 1 saturated heterocycles. The van der Waals surface area contributed by atoms with E-state index in [0.717, 1.165) is 67.5 Å². The van der Waals surface area contributed by atoms with E-state index in [0.29, 0.717) is 12.2 Å². The van der Waals surface area contributed by atoms with Crippen LogP contribution in [0.1, 0.15) is 30.6 Å². The summed E-state index contributed by atoms with van der Waals surface area (Å²) in [4.78, 5) is 14.7. The summed E-state index contributed by atoms with van der Waals surface area (Å²) in [6.07, 6.45) is 1.000. The number of hydrogen-bond acceptors (Lipinski definition) is 5. The molecule has 2 aromatic carbocycles. The monoisotopic (exact) mass is 448 g/mol. The highest BCUT2D eigenvalue weighted by atomic mass is 16.5. The van der Waals surface area contributed by atoms with Gasteiger partial charge >= 0.3 is 0 Å². The largest absolute Gasteiger partial charge is 0.494 e. The summed E-state index contributed by atoms with van der Waals surface area (Å²) in [6, 6.07) is 17.6. The van der Waals surface area contributed by atoms with Gasteiger partial charge in [-0.3, -0.25) is 14.8 Å².